The quantitative estimate of drug-likeness (QED) is 0.0398. The summed E-state index contributed by atoms with van der Waals surface area (Å²) in [6, 6.07) is -2.05. The number of hydrogen-bond donors (Lipinski definition) is 3. The predicted octanol–water partition coefficient (Wildman–Crippen LogP) is 17.1. The van der Waals surface area contributed by atoms with Gasteiger partial charge in [-0.3, -0.25) is 42.6 Å². The average Bonchev–Trinajstić information content (AvgIpc) is 0.709. The molecule has 0 aromatic heterocycles. The molecule has 0 aliphatic heterocycles. The van der Waals surface area contributed by atoms with Crippen LogP contribution >= 0.6 is 0 Å². The molecule has 0 saturated heterocycles. The van der Waals surface area contributed by atoms with Gasteiger partial charge in [0.2, 0.25) is 0 Å². The van der Waals surface area contributed by atoms with Crippen LogP contribution in [0, 0.1) is 0 Å². The monoisotopic (exact) mass is 1750 g/mol. The molecule has 1 rings (SSSR count). The van der Waals surface area contributed by atoms with Gasteiger partial charge in [0.25, 0.3) is 0 Å². The molecule has 72 heteroatoms. The van der Waals surface area contributed by atoms with E-state index in [9.17, 15) is 228 Å². The van der Waals surface area contributed by atoms with Gasteiger partial charge in [0, 0.05) is 11.3 Å². The number of anilines is 1. The van der Waals surface area contributed by atoms with E-state index < -0.39 is 217 Å². The molecule has 0 bridgehead atoms. The van der Waals surface area contributed by atoms with E-state index in [0.717, 1.165) is 4.74 Å². The largest absolute Gasteiger partial charge is 0.488 e. The van der Waals surface area contributed by atoms with Gasteiger partial charge in [-0.2, -0.15) is 259 Å². The number of alkyl halides is 59. The van der Waals surface area contributed by atoms with E-state index in [2.05, 4.69) is 5.73 Å². The van der Waals surface area contributed by atoms with Gasteiger partial charge in [-0.15, -0.1) is 0 Å². The highest BCUT2D eigenvalue weighted by Gasteiger charge is 2.95. The molecule has 0 heterocycles. The summed E-state index contributed by atoms with van der Waals surface area (Å²) < 4.78 is 838. The second kappa shape index (κ2) is 26.9. The fourth-order valence-corrected chi connectivity index (χ4v) is 5.90. The van der Waals surface area contributed by atoms with Crippen molar-refractivity contribution in [3.63, 3.8) is 0 Å². The van der Waals surface area contributed by atoms with Crippen molar-refractivity contribution in [1.29, 1.82) is 0 Å². The zero-order valence-corrected chi connectivity index (χ0v) is 45.8. The van der Waals surface area contributed by atoms with Gasteiger partial charge in [0.1, 0.15) is 0 Å². The van der Waals surface area contributed by atoms with Crippen LogP contribution in [0.3, 0.4) is 0 Å². The molecule has 9 atom stereocenters. The third kappa shape index (κ3) is 16.6. The summed E-state index contributed by atoms with van der Waals surface area (Å²) in [5.41, 5.74) is -2.48. The Morgan fingerprint density at radius 3 is 0.505 bits per heavy atom. The number of ether oxygens (including phenoxy) is 9. The maximum absolute atomic E-state index is 15.4. The Morgan fingerprint density at radius 2 is 0.374 bits per heavy atom. The van der Waals surface area contributed by atoms with Crippen molar-refractivity contribution in [3.8, 4) is 0 Å². The lowest BCUT2D eigenvalue weighted by atomic mass is 9.79. The number of rotatable bonds is 29. The first kappa shape index (κ1) is 99.5. The minimum absolute atomic E-state index is 0.348. The van der Waals surface area contributed by atoms with Crippen LogP contribution in [0.4, 0.5) is 265 Å². The Bertz CT molecular complexity index is 3260. The fourth-order valence-electron chi connectivity index (χ4n) is 5.90. The second-order valence-corrected chi connectivity index (χ2v) is 18.7. The first-order chi connectivity index (χ1) is 45.4. The Labute approximate surface area is 536 Å². The summed E-state index contributed by atoms with van der Waals surface area (Å²) in [6.45, 7) is 0. The van der Waals surface area contributed by atoms with Crippen LogP contribution in [0.1, 0.15) is 5.56 Å². The normalized spacial score (nSPS) is 20.7. The lowest BCUT2D eigenvalue weighted by molar-refractivity contribution is -0.612. The summed E-state index contributed by atoms with van der Waals surface area (Å²) in [5.74, 6) is -97.2. The number of nitrogens with two attached hydrogens (primary N) is 1. The van der Waals surface area contributed by atoms with Gasteiger partial charge in [-0.05, 0) is 11.5 Å². The maximum atomic E-state index is 15.4. The van der Waals surface area contributed by atoms with Gasteiger partial charge in [-0.1, -0.05) is 12.1 Å². The lowest BCUT2D eigenvalue weighted by Gasteiger charge is -2.46. The van der Waals surface area contributed by atoms with Crippen LogP contribution < -0.4 is 11.2 Å². The third-order valence-electron chi connectivity index (χ3n) is 11.1. The molecule has 9 unspecified atom stereocenters. The van der Waals surface area contributed by atoms with Crippen LogP contribution in [0.15, 0.2) is 18.2 Å². The van der Waals surface area contributed by atoms with E-state index in [0.29, 0.717) is 33.2 Å². The Morgan fingerprint density at radius 1 is 0.215 bits per heavy atom. The summed E-state index contributed by atoms with van der Waals surface area (Å²) in [7, 11) is -3.13. The van der Waals surface area contributed by atoms with E-state index in [1.165, 1.54) is 0 Å². The Balaban J connectivity index is 4.54. The summed E-state index contributed by atoms with van der Waals surface area (Å²) in [4.78, 5) is 0. The zero-order chi connectivity index (χ0) is 87.3. The molecule has 0 saturated carbocycles. The minimum atomic E-state index is -10.5. The molecule has 4 N–H and O–H groups in total. The fraction of sp³-hybridized carbons (Fsp3) is 0.829. The number of benzene rings is 1. The molecular formula is C35H7BF59NO11. The first-order valence-electron chi connectivity index (χ1n) is 22.7. The molecule has 0 amide bonds. The molecule has 1 aromatic rings. The summed E-state index contributed by atoms with van der Waals surface area (Å²) >= 11 is 0. The van der Waals surface area contributed by atoms with E-state index in [-0.39, 0.29) is 0 Å². The molecule has 634 valence electrons. The molecule has 107 heavy (non-hydrogen) atoms. The smallest absolute Gasteiger partial charge is 0.423 e. The predicted molar refractivity (Wildman–Crippen MR) is 194 cm³/mol. The molecule has 0 aliphatic rings. The number of hydrogen-bond acceptors (Lipinski definition) is 12. The molecule has 0 aliphatic carbocycles. The van der Waals surface area contributed by atoms with E-state index in [1.54, 1.807) is 4.74 Å². The standard InChI is InChI=1S/C35H7BF59NO11/c37-7(17(48,49)50,5-2-1-4(36(97)98)3-6(5)96)99-28(80,81)9(40,19(54,55)56)101-30(84,85)11(42,21(60,61)62)103-32(88,89)13(44,23(66,67)68)105-34(92,93)15(46,25(72,73)74)107-35(94,95)16(47,26(75,76)77)106-33(90,91)14(45,24(69,70)71)104-31(86,87)12(43,22(63,64)65)102-29(82,83)10(41,20(57,58)59)100-27(78,79)8(38,39)18(51,52)53/h1-3,97-98H,96H2. The highest BCUT2D eigenvalue weighted by molar-refractivity contribution is 6.58. The molecule has 12 nitrogen and oxygen atoms in total. The second-order valence-electron chi connectivity index (χ2n) is 18.7. The summed E-state index contributed by atoms with van der Waals surface area (Å²) in [6.07, 6.45) is -183. The molecule has 0 spiro atoms. The van der Waals surface area contributed by atoms with Crippen LogP contribution in [0.25, 0.3) is 0 Å². The molecule has 0 fully saturated rings. The van der Waals surface area contributed by atoms with E-state index >= 15 is 30.7 Å². The van der Waals surface area contributed by atoms with Gasteiger partial charge < -0.3 is 15.8 Å². The first-order valence-corrected chi connectivity index (χ1v) is 22.7. The maximum Gasteiger partial charge on any atom is 0.488 e. The van der Waals surface area contributed by atoms with Gasteiger partial charge in [-0.25, -0.2) is 0 Å². The number of halogens is 59. The third-order valence-corrected chi connectivity index (χ3v) is 11.1. The lowest BCUT2D eigenvalue weighted by Crippen LogP contribution is -2.74. The Kier molecular flexibility index (Phi) is 25.0. The zero-order valence-electron chi connectivity index (χ0n) is 45.8. The molecular weight excluding hydrogens is 1740 g/mol. The van der Waals surface area contributed by atoms with Crippen molar-refractivity contribution in [2.45, 2.75) is 175 Å². The van der Waals surface area contributed by atoms with Crippen LogP contribution in [0.2, 0.25) is 0 Å². The average molecular weight is 1750 g/mol. The highest BCUT2D eigenvalue weighted by Crippen LogP contribution is 2.67. The van der Waals surface area contributed by atoms with Crippen LogP contribution in [-0.2, 0) is 48.5 Å². The topological polar surface area (TPSA) is 150 Å². The molecule has 1 aromatic carbocycles. The SMILES string of the molecule is Nc1cc(B(O)O)ccc1C(F)(OC(F)(F)C(F)(OC(F)(F)C(F)(OC(F)(F)C(F)(OC(F)(F)C(F)(OC(F)(F)C(F)(OC(F)(F)C(F)(OC(F)(F)C(F)(OC(F)(F)C(F)(OC(F)(F)C(F)(F)C(F)(F)F)C(F)(F)F)C(F)(F)F)C(F)(F)F)C(F)(F)F)C(F)(F)F)C(F)(F)F)C(F)(F)F)C(F)(F)F)C(F)(F)F. The van der Waals surface area contributed by atoms with Crippen molar-refractivity contribution >= 4 is 18.3 Å². The van der Waals surface area contributed by atoms with Crippen LogP contribution in [0.5, 0.6) is 0 Å². The highest BCUT2D eigenvalue weighted by atomic mass is 19.5. The van der Waals surface area contributed by atoms with E-state index in [1.807, 2.05) is 0 Å². The van der Waals surface area contributed by atoms with Gasteiger partial charge in [0.05, 0.1) is 0 Å². The van der Waals surface area contributed by atoms with Crippen molar-refractivity contribution in [2.75, 3.05) is 5.73 Å². The van der Waals surface area contributed by atoms with Crippen molar-refractivity contribution in [3.05, 3.63) is 23.8 Å². The Hall–Kier alpha value is -5.49. The van der Waals surface area contributed by atoms with Gasteiger partial charge >= 0.3 is 182 Å². The summed E-state index contributed by atoms with van der Waals surface area (Å²) in [5, 5.41) is 17.9. The van der Waals surface area contributed by atoms with E-state index in [4.69, 9.17) is 10.0 Å². The number of nitrogen functional groups attached to an aromatic ring is 1. The van der Waals surface area contributed by atoms with Crippen molar-refractivity contribution in [1.82, 2.24) is 0 Å². The minimum Gasteiger partial charge on any atom is -0.423 e. The van der Waals surface area contributed by atoms with Crippen molar-refractivity contribution in [2.24, 2.45) is 0 Å². The van der Waals surface area contributed by atoms with Gasteiger partial charge in [0.15, 0.2) is 0 Å². The van der Waals surface area contributed by atoms with Crippen LogP contribution in [-0.4, -0.2) is 187 Å². The van der Waals surface area contributed by atoms with Crippen molar-refractivity contribution < 1.29 is 312 Å². The molecule has 0 radical (unpaired) electrons.